The van der Waals surface area contributed by atoms with Crippen LogP contribution in [0.2, 0.25) is 10.0 Å². The maximum Gasteiger partial charge on any atom is 0.293 e. The van der Waals surface area contributed by atoms with Crippen LogP contribution in [0.3, 0.4) is 0 Å². The third-order valence-electron chi connectivity index (χ3n) is 5.39. The van der Waals surface area contributed by atoms with Gasteiger partial charge in [0, 0.05) is 11.6 Å². The lowest BCUT2D eigenvalue weighted by Gasteiger charge is -2.15. The highest BCUT2D eigenvalue weighted by atomic mass is 79.9. The first-order chi connectivity index (χ1) is 18.2. The second-order valence-corrected chi connectivity index (χ2v) is 10.6. The van der Waals surface area contributed by atoms with Gasteiger partial charge in [-0.05, 0) is 76.1 Å². The van der Waals surface area contributed by atoms with Gasteiger partial charge in [-0.2, -0.15) is 0 Å². The lowest BCUT2D eigenvalue weighted by Crippen LogP contribution is -2.27. The van der Waals surface area contributed by atoms with Crippen LogP contribution in [0.15, 0.2) is 64.0 Å². The van der Waals surface area contributed by atoms with Crippen LogP contribution in [0.5, 0.6) is 11.5 Å². The number of imide groups is 1. The minimum Gasteiger partial charge on any atom is -0.490 e. The van der Waals surface area contributed by atoms with Crippen molar-refractivity contribution < 1.29 is 24.0 Å². The molecule has 1 heterocycles. The number of halogens is 3. The van der Waals surface area contributed by atoms with Gasteiger partial charge in [-0.1, -0.05) is 47.5 Å². The standard InChI is InChI=1S/C26H19BrCl2N2O6S/c1-2-36-22-11-16(9-18(27)24(22)37-14-15-7-8-19(28)20(29)10-15)12-23-25(32)30(26(33)38-23)13-17-5-3-4-6-21(17)31(34)35/h3-12H,2,13-14H2,1H3/b23-12-. The van der Waals surface area contributed by atoms with Crippen molar-refractivity contribution in [3.8, 4) is 11.5 Å². The lowest BCUT2D eigenvalue weighted by molar-refractivity contribution is -0.385. The second kappa shape index (κ2) is 12.2. The summed E-state index contributed by atoms with van der Waals surface area (Å²) >= 11 is 16.4. The molecule has 0 spiro atoms. The van der Waals surface area contributed by atoms with E-state index in [4.69, 9.17) is 32.7 Å². The maximum atomic E-state index is 13.0. The Morgan fingerprint density at radius 3 is 2.55 bits per heavy atom. The van der Waals surface area contributed by atoms with E-state index in [-0.39, 0.29) is 29.3 Å². The van der Waals surface area contributed by atoms with Gasteiger partial charge in [0.05, 0.1) is 37.5 Å². The monoisotopic (exact) mass is 636 g/mol. The summed E-state index contributed by atoms with van der Waals surface area (Å²) < 4.78 is 12.3. The van der Waals surface area contributed by atoms with Crippen LogP contribution in [0.25, 0.3) is 6.08 Å². The minimum absolute atomic E-state index is 0.155. The van der Waals surface area contributed by atoms with Crippen molar-refractivity contribution in [3.05, 3.63) is 101 Å². The van der Waals surface area contributed by atoms with Crippen LogP contribution in [0, 0.1) is 10.1 Å². The first kappa shape index (κ1) is 28.0. The van der Waals surface area contributed by atoms with Crippen molar-refractivity contribution >= 4 is 73.8 Å². The summed E-state index contributed by atoms with van der Waals surface area (Å²) in [5.74, 6) is 0.360. The summed E-state index contributed by atoms with van der Waals surface area (Å²) in [7, 11) is 0. The molecule has 196 valence electrons. The van der Waals surface area contributed by atoms with E-state index in [1.165, 1.54) is 18.2 Å². The maximum absolute atomic E-state index is 13.0. The van der Waals surface area contributed by atoms with Crippen molar-refractivity contribution in [2.75, 3.05) is 6.61 Å². The molecule has 3 aromatic carbocycles. The van der Waals surface area contributed by atoms with Gasteiger partial charge in [0.2, 0.25) is 0 Å². The largest absolute Gasteiger partial charge is 0.490 e. The number of carbonyl (C=O) groups excluding carboxylic acids is 2. The minimum atomic E-state index is -0.539. The topological polar surface area (TPSA) is 99.0 Å². The predicted octanol–water partition coefficient (Wildman–Crippen LogP) is 7.88. The molecule has 8 nitrogen and oxygen atoms in total. The van der Waals surface area contributed by atoms with Crippen molar-refractivity contribution in [1.82, 2.24) is 4.90 Å². The molecule has 38 heavy (non-hydrogen) atoms. The molecule has 0 unspecified atom stereocenters. The number of para-hydroxylation sites is 1. The number of thioether (sulfide) groups is 1. The number of benzene rings is 3. The smallest absolute Gasteiger partial charge is 0.293 e. The second-order valence-electron chi connectivity index (χ2n) is 7.95. The molecule has 2 amide bonds. The number of ether oxygens (including phenoxy) is 2. The van der Waals surface area contributed by atoms with Crippen molar-refractivity contribution in [3.63, 3.8) is 0 Å². The van der Waals surface area contributed by atoms with E-state index in [1.807, 2.05) is 6.92 Å². The molecule has 3 aromatic rings. The fourth-order valence-electron chi connectivity index (χ4n) is 3.64. The zero-order chi connectivity index (χ0) is 27.4. The third kappa shape index (κ3) is 6.32. The number of carbonyl (C=O) groups is 2. The van der Waals surface area contributed by atoms with E-state index >= 15 is 0 Å². The number of nitro groups is 1. The summed E-state index contributed by atoms with van der Waals surface area (Å²) in [5, 5.41) is 11.7. The summed E-state index contributed by atoms with van der Waals surface area (Å²) in [6, 6.07) is 14.7. The molecule has 12 heteroatoms. The third-order valence-corrected chi connectivity index (χ3v) is 7.62. The van der Waals surface area contributed by atoms with E-state index < -0.39 is 16.1 Å². The molecule has 1 aliphatic heterocycles. The van der Waals surface area contributed by atoms with Gasteiger partial charge in [0.1, 0.15) is 6.61 Å². The Morgan fingerprint density at radius 2 is 1.84 bits per heavy atom. The van der Waals surface area contributed by atoms with Gasteiger partial charge in [-0.15, -0.1) is 0 Å². The van der Waals surface area contributed by atoms with E-state index in [9.17, 15) is 19.7 Å². The Balaban J connectivity index is 1.57. The van der Waals surface area contributed by atoms with Gasteiger partial charge in [0.15, 0.2) is 11.5 Å². The highest BCUT2D eigenvalue weighted by Gasteiger charge is 2.36. The molecular weight excluding hydrogens is 619 g/mol. The van der Waals surface area contributed by atoms with Crippen LogP contribution >= 0.6 is 50.9 Å². The predicted molar refractivity (Wildman–Crippen MR) is 151 cm³/mol. The fourth-order valence-corrected chi connectivity index (χ4v) is 5.37. The van der Waals surface area contributed by atoms with Crippen molar-refractivity contribution in [1.29, 1.82) is 0 Å². The van der Waals surface area contributed by atoms with Crippen molar-refractivity contribution in [2.45, 2.75) is 20.1 Å². The van der Waals surface area contributed by atoms with Crippen LogP contribution in [0.4, 0.5) is 10.5 Å². The fraction of sp³-hybridized carbons (Fsp3) is 0.154. The molecule has 1 fully saturated rings. The molecule has 4 rings (SSSR count). The molecule has 1 aliphatic rings. The van der Waals surface area contributed by atoms with Gasteiger partial charge in [-0.3, -0.25) is 24.6 Å². The number of hydrogen-bond acceptors (Lipinski definition) is 7. The van der Waals surface area contributed by atoms with Crippen molar-refractivity contribution in [2.24, 2.45) is 0 Å². The van der Waals surface area contributed by atoms with E-state index in [2.05, 4.69) is 15.9 Å². The number of amides is 2. The van der Waals surface area contributed by atoms with E-state index in [0.29, 0.717) is 38.2 Å². The SMILES string of the molecule is CCOc1cc(/C=C2\SC(=O)N(Cc3ccccc3[N+](=O)[O-])C2=O)cc(Br)c1OCc1ccc(Cl)c(Cl)c1. The lowest BCUT2D eigenvalue weighted by atomic mass is 10.1. The summed E-state index contributed by atoms with van der Waals surface area (Å²) in [6.07, 6.45) is 1.57. The average Bonchev–Trinajstić information content (AvgIpc) is 3.13. The summed E-state index contributed by atoms with van der Waals surface area (Å²) in [4.78, 5) is 37.6. The van der Waals surface area contributed by atoms with Gasteiger partial charge < -0.3 is 9.47 Å². The molecule has 0 saturated carbocycles. The van der Waals surface area contributed by atoms with E-state index in [0.717, 1.165) is 22.2 Å². The molecule has 0 aromatic heterocycles. The number of hydrogen-bond donors (Lipinski definition) is 0. The molecule has 0 radical (unpaired) electrons. The zero-order valence-electron chi connectivity index (χ0n) is 19.8. The molecule has 0 N–H and O–H groups in total. The zero-order valence-corrected chi connectivity index (χ0v) is 23.7. The molecule has 0 aliphatic carbocycles. The first-order valence-electron chi connectivity index (χ1n) is 11.2. The number of nitro benzene ring substituents is 1. The highest BCUT2D eigenvalue weighted by Crippen LogP contribution is 2.40. The Labute approximate surface area is 240 Å². The Bertz CT molecular complexity index is 1470. The van der Waals surface area contributed by atoms with Gasteiger partial charge in [-0.25, -0.2) is 0 Å². The van der Waals surface area contributed by atoms with Gasteiger partial charge in [0.25, 0.3) is 16.8 Å². The Morgan fingerprint density at radius 1 is 1.08 bits per heavy atom. The molecule has 0 bridgehead atoms. The summed E-state index contributed by atoms with van der Waals surface area (Å²) in [6.45, 7) is 2.21. The summed E-state index contributed by atoms with van der Waals surface area (Å²) in [5.41, 5.74) is 1.52. The van der Waals surface area contributed by atoms with Crippen LogP contribution < -0.4 is 9.47 Å². The number of rotatable bonds is 9. The van der Waals surface area contributed by atoms with Crippen LogP contribution in [0.1, 0.15) is 23.6 Å². The quantitative estimate of drug-likeness (QED) is 0.134. The molecule has 1 saturated heterocycles. The average molecular weight is 638 g/mol. The Hall–Kier alpha value is -3.05. The Kier molecular flexibility index (Phi) is 8.99. The normalized spacial score (nSPS) is 14.3. The van der Waals surface area contributed by atoms with E-state index in [1.54, 1.807) is 42.5 Å². The first-order valence-corrected chi connectivity index (χ1v) is 13.5. The highest BCUT2D eigenvalue weighted by molar-refractivity contribution is 9.10. The van der Waals surface area contributed by atoms with Crippen LogP contribution in [-0.4, -0.2) is 27.6 Å². The number of nitrogens with zero attached hydrogens (tertiary/aromatic N) is 2. The molecule has 0 atom stereocenters. The molecular formula is C26H19BrCl2N2O6S. The van der Waals surface area contributed by atoms with Gasteiger partial charge >= 0.3 is 0 Å². The van der Waals surface area contributed by atoms with Crippen LogP contribution in [-0.2, 0) is 17.9 Å².